The molecule has 42 heavy (non-hydrogen) atoms. The van der Waals surface area contributed by atoms with Crippen LogP contribution in [0.15, 0.2) is 99.9 Å². The summed E-state index contributed by atoms with van der Waals surface area (Å²) in [7, 11) is 0. The Labute approximate surface area is 251 Å². The van der Waals surface area contributed by atoms with Gasteiger partial charge >= 0.3 is 0 Å². The minimum atomic E-state index is -0.682. The van der Waals surface area contributed by atoms with Crippen LogP contribution in [0.1, 0.15) is 41.0 Å². The quantitative estimate of drug-likeness (QED) is 0.286. The highest BCUT2D eigenvalue weighted by Gasteiger charge is 2.32. The molecule has 2 aromatic heterocycles. The van der Waals surface area contributed by atoms with E-state index in [4.69, 9.17) is 21.7 Å². The van der Waals surface area contributed by atoms with E-state index in [1.165, 1.54) is 11.3 Å². The summed E-state index contributed by atoms with van der Waals surface area (Å²) in [5.41, 5.74) is 6.70. The number of carbonyl (C=O) groups is 1. The van der Waals surface area contributed by atoms with Crippen LogP contribution in [0.3, 0.4) is 0 Å². The van der Waals surface area contributed by atoms with Gasteiger partial charge in [0, 0.05) is 22.0 Å². The third-order valence-electron chi connectivity index (χ3n) is 7.47. The zero-order valence-corrected chi connectivity index (χ0v) is 25.1. The lowest BCUT2D eigenvalue weighted by atomic mass is 9.95. The van der Waals surface area contributed by atoms with Crippen LogP contribution in [0, 0.1) is 20.8 Å². The Morgan fingerprint density at radius 3 is 2.36 bits per heavy atom. The Hall–Kier alpha value is -4.53. The Bertz CT molecular complexity index is 2050. The number of amides is 1. The van der Waals surface area contributed by atoms with E-state index in [2.05, 4.69) is 5.32 Å². The fourth-order valence-corrected chi connectivity index (χ4v) is 6.44. The average Bonchev–Trinajstić information content (AvgIpc) is 3.44. The number of hydrogen-bond donors (Lipinski definition) is 1. The highest BCUT2D eigenvalue weighted by atomic mass is 35.5. The molecule has 0 radical (unpaired) electrons. The lowest BCUT2D eigenvalue weighted by molar-refractivity contribution is -0.113. The summed E-state index contributed by atoms with van der Waals surface area (Å²) in [6.45, 7) is 7.67. The molecule has 0 saturated carbocycles. The molecular formula is C33H28ClN5O2S. The van der Waals surface area contributed by atoms with Gasteiger partial charge in [0.2, 0.25) is 0 Å². The first-order chi connectivity index (χ1) is 20.2. The number of aryl methyl sites for hydroxylation is 2. The number of fused-ring (bicyclic) bond motifs is 1. The van der Waals surface area contributed by atoms with Crippen molar-refractivity contribution in [1.82, 2.24) is 14.3 Å². The largest absolute Gasteiger partial charge is 0.322 e. The van der Waals surface area contributed by atoms with Crippen LogP contribution in [0.25, 0.3) is 11.8 Å². The van der Waals surface area contributed by atoms with Gasteiger partial charge in [0.05, 0.1) is 33.2 Å². The summed E-state index contributed by atoms with van der Waals surface area (Å²) in [5.74, 6) is -0.310. The number of aromatic nitrogens is 3. The molecular weight excluding hydrogens is 566 g/mol. The van der Waals surface area contributed by atoms with E-state index in [1.54, 1.807) is 16.7 Å². The van der Waals surface area contributed by atoms with E-state index >= 15 is 0 Å². The van der Waals surface area contributed by atoms with Crippen molar-refractivity contribution in [2.75, 3.05) is 5.32 Å². The molecule has 5 aromatic rings. The van der Waals surface area contributed by atoms with Gasteiger partial charge in [0.25, 0.3) is 11.5 Å². The number of nitrogens with one attached hydrogen (secondary N) is 1. The van der Waals surface area contributed by atoms with Gasteiger partial charge in [-0.1, -0.05) is 71.5 Å². The van der Waals surface area contributed by atoms with Crippen molar-refractivity contribution in [3.63, 3.8) is 0 Å². The number of carbonyl (C=O) groups excluding carboxylic acids is 1. The van der Waals surface area contributed by atoms with Crippen LogP contribution >= 0.6 is 22.9 Å². The third-order valence-corrected chi connectivity index (χ3v) is 8.70. The molecule has 3 heterocycles. The monoisotopic (exact) mass is 593 g/mol. The summed E-state index contributed by atoms with van der Waals surface area (Å²) < 4.78 is 4.01. The SMILES string of the molecule is CC1=C(C(=O)Nc2ccccc2C)C(c2ccc(Cl)cc2)n2c(s/c(=C/c3c(C)nn(-c4ccccc4)c3C)c2=O)=N1. The summed E-state index contributed by atoms with van der Waals surface area (Å²) in [6, 6.07) is 24.0. The minimum Gasteiger partial charge on any atom is -0.322 e. The molecule has 3 aromatic carbocycles. The van der Waals surface area contributed by atoms with Gasteiger partial charge in [-0.3, -0.25) is 14.2 Å². The van der Waals surface area contributed by atoms with Crippen LogP contribution in [-0.4, -0.2) is 20.3 Å². The topological polar surface area (TPSA) is 81.3 Å². The molecule has 0 fully saturated rings. The number of benzene rings is 3. The van der Waals surface area contributed by atoms with E-state index in [0.717, 1.165) is 33.8 Å². The Morgan fingerprint density at radius 1 is 0.952 bits per heavy atom. The second-order valence-corrected chi connectivity index (χ2v) is 11.7. The van der Waals surface area contributed by atoms with Gasteiger partial charge < -0.3 is 5.32 Å². The van der Waals surface area contributed by atoms with Crippen molar-refractivity contribution in [3.05, 3.63) is 143 Å². The number of thiazole rings is 1. The first-order valence-electron chi connectivity index (χ1n) is 13.5. The number of nitrogens with zero attached hydrogens (tertiary/aromatic N) is 4. The van der Waals surface area contributed by atoms with Crippen LogP contribution in [0.5, 0.6) is 0 Å². The zero-order valence-electron chi connectivity index (χ0n) is 23.6. The standard InChI is InChI=1S/C33H28ClN5O2S/c1-19-10-8-9-13-27(19)36-31(40)29-21(3)35-33-38(30(29)23-14-16-24(34)17-15-23)32(41)28(42-33)18-26-20(2)37-39(22(26)4)25-11-6-5-7-12-25/h5-18,30H,1-4H3,(H,36,40)/b28-18+. The van der Waals surface area contributed by atoms with Gasteiger partial charge in [0.1, 0.15) is 0 Å². The molecule has 0 bridgehead atoms. The van der Waals surface area contributed by atoms with Gasteiger partial charge in [-0.05, 0) is 75.2 Å². The Balaban J connectivity index is 1.50. The number of halogens is 1. The van der Waals surface area contributed by atoms with Crippen molar-refractivity contribution < 1.29 is 4.79 Å². The van der Waals surface area contributed by atoms with Crippen molar-refractivity contribution in [2.24, 2.45) is 4.99 Å². The molecule has 0 saturated heterocycles. The molecule has 6 rings (SSSR count). The smallest absolute Gasteiger partial charge is 0.271 e. The lowest BCUT2D eigenvalue weighted by Gasteiger charge is -2.25. The van der Waals surface area contributed by atoms with Gasteiger partial charge in [-0.2, -0.15) is 5.10 Å². The molecule has 210 valence electrons. The van der Waals surface area contributed by atoms with Gasteiger partial charge in [-0.25, -0.2) is 9.67 Å². The van der Waals surface area contributed by atoms with E-state index < -0.39 is 6.04 Å². The highest BCUT2D eigenvalue weighted by Crippen LogP contribution is 2.32. The molecule has 1 N–H and O–H groups in total. The van der Waals surface area contributed by atoms with E-state index in [9.17, 15) is 9.59 Å². The molecule has 7 nitrogen and oxygen atoms in total. The molecule has 1 aliphatic rings. The number of para-hydroxylation sites is 2. The van der Waals surface area contributed by atoms with E-state index in [-0.39, 0.29) is 11.5 Å². The number of rotatable bonds is 5. The lowest BCUT2D eigenvalue weighted by Crippen LogP contribution is -2.40. The minimum absolute atomic E-state index is 0.223. The molecule has 1 unspecified atom stereocenters. The predicted octanol–water partition coefficient (Wildman–Crippen LogP) is 5.64. The molecule has 1 atom stereocenters. The van der Waals surface area contributed by atoms with Crippen LogP contribution < -0.4 is 20.2 Å². The third kappa shape index (κ3) is 4.93. The van der Waals surface area contributed by atoms with Crippen molar-refractivity contribution in [3.8, 4) is 5.69 Å². The molecule has 1 aliphatic heterocycles. The molecule has 1 amide bonds. The fourth-order valence-electron chi connectivity index (χ4n) is 5.29. The fraction of sp³-hybridized carbons (Fsp3) is 0.152. The first-order valence-corrected chi connectivity index (χ1v) is 14.7. The summed E-state index contributed by atoms with van der Waals surface area (Å²) in [4.78, 5) is 33.3. The first kappa shape index (κ1) is 27.6. The number of anilines is 1. The maximum atomic E-state index is 14.1. The summed E-state index contributed by atoms with van der Waals surface area (Å²) >= 11 is 7.52. The Morgan fingerprint density at radius 2 is 1.64 bits per heavy atom. The van der Waals surface area contributed by atoms with Gasteiger partial charge in [-0.15, -0.1) is 0 Å². The second-order valence-electron chi connectivity index (χ2n) is 10.2. The summed E-state index contributed by atoms with van der Waals surface area (Å²) in [5, 5.41) is 8.34. The van der Waals surface area contributed by atoms with E-state index in [1.807, 2.05) is 105 Å². The normalized spacial score (nSPS) is 15.0. The summed E-state index contributed by atoms with van der Waals surface area (Å²) in [6.07, 6.45) is 1.88. The zero-order chi connectivity index (χ0) is 29.5. The average molecular weight is 594 g/mol. The Kier molecular flexibility index (Phi) is 7.26. The van der Waals surface area contributed by atoms with Crippen LogP contribution in [0.4, 0.5) is 5.69 Å². The molecule has 9 heteroatoms. The number of hydrogen-bond acceptors (Lipinski definition) is 5. The van der Waals surface area contributed by atoms with Gasteiger partial charge in [0.15, 0.2) is 4.80 Å². The second kappa shape index (κ2) is 11.0. The van der Waals surface area contributed by atoms with Crippen molar-refractivity contribution in [1.29, 1.82) is 0 Å². The predicted molar refractivity (Wildman–Crippen MR) is 168 cm³/mol. The number of allylic oxidation sites excluding steroid dienone is 1. The van der Waals surface area contributed by atoms with Crippen LogP contribution in [0.2, 0.25) is 5.02 Å². The molecule has 0 spiro atoms. The highest BCUT2D eigenvalue weighted by molar-refractivity contribution is 7.07. The maximum Gasteiger partial charge on any atom is 0.271 e. The van der Waals surface area contributed by atoms with Crippen molar-refractivity contribution in [2.45, 2.75) is 33.7 Å². The van der Waals surface area contributed by atoms with Crippen molar-refractivity contribution >= 4 is 40.6 Å². The van der Waals surface area contributed by atoms with E-state index in [0.29, 0.717) is 31.3 Å². The van der Waals surface area contributed by atoms with Crippen LogP contribution in [-0.2, 0) is 4.79 Å². The molecule has 0 aliphatic carbocycles. The maximum absolute atomic E-state index is 14.1.